The first-order valence-corrected chi connectivity index (χ1v) is 6.90. The van der Waals surface area contributed by atoms with Crippen molar-refractivity contribution >= 4 is 0 Å². The van der Waals surface area contributed by atoms with Gasteiger partial charge in [0.05, 0.1) is 0 Å². The Morgan fingerprint density at radius 2 is 1.95 bits per heavy atom. The average molecular weight is 265 g/mol. The Labute approximate surface area is 116 Å². The van der Waals surface area contributed by atoms with Gasteiger partial charge in [0.15, 0.2) is 5.82 Å². The molecule has 0 spiro atoms. The third kappa shape index (κ3) is 4.55. The third-order valence-corrected chi connectivity index (χ3v) is 3.18. The fourth-order valence-corrected chi connectivity index (χ4v) is 2.14. The minimum atomic E-state index is -0.107. The van der Waals surface area contributed by atoms with Gasteiger partial charge in [-0.1, -0.05) is 27.7 Å². The number of hydrogen-bond acceptors (Lipinski definition) is 4. The molecule has 2 atom stereocenters. The lowest BCUT2D eigenvalue weighted by Gasteiger charge is -2.28. The zero-order valence-corrected chi connectivity index (χ0v) is 13.0. The van der Waals surface area contributed by atoms with Gasteiger partial charge in [-0.25, -0.2) is 9.97 Å². The van der Waals surface area contributed by atoms with Crippen molar-refractivity contribution in [3.05, 3.63) is 23.3 Å². The average Bonchev–Trinajstić information content (AvgIpc) is 2.26. The van der Waals surface area contributed by atoms with Crippen LogP contribution in [0, 0.1) is 12.3 Å². The van der Waals surface area contributed by atoms with Crippen LogP contribution in [0.25, 0.3) is 0 Å². The zero-order chi connectivity index (χ0) is 14.6. The summed E-state index contributed by atoms with van der Waals surface area (Å²) in [6, 6.07) is 2.16. The Morgan fingerprint density at radius 3 is 2.42 bits per heavy atom. The van der Waals surface area contributed by atoms with Crippen LogP contribution in [0.2, 0.25) is 0 Å². The van der Waals surface area contributed by atoms with Crippen molar-refractivity contribution in [1.82, 2.24) is 9.97 Å². The lowest BCUT2D eigenvalue weighted by Crippen LogP contribution is -2.25. The summed E-state index contributed by atoms with van der Waals surface area (Å²) in [5.74, 6) is 0.758. The first kappa shape index (κ1) is 16.1. The lowest BCUT2D eigenvalue weighted by atomic mass is 9.88. The Kier molecular flexibility index (Phi) is 5.44. The van der Waals surface area contributed by atoms with Crippen LogP contribution < -0.4 is 5.73 Å². The largest absolute Gasteiger partial charge is 0.373 e. The third-order valence-electron chi connectivity index (χ3n) is 3.18. The van der Waals surface area contributed by atoms with E-state index >= 15 is 0 Å². The lowest BCUT2D eigenvalue weighted by molar-refractivity contribution is 0.00838. The highest BCUT2D eigenvalue weighted by molar-refractivity contribution is 5.13. The molecule has 2 N–H and O–H groups in total. The molecule has 0 amide bonds. The van der Waals surface area contributed by atoms with Crippen molar-refractivity contribution in [2.75, 3.05) is 7.11 Å². The maximum absolute atomic E-state index is 6.01. The maximum Gasteiger partial charge on any atom is 0.158 e. The summed E-state index contributed by atoms with van der Waals surface area (Å²) in [6.07, 6.45) is 1.63. The predicted molar refractivity (Wildman–Crippen MR) is 77.9 cm³/mol. The van der Waals surface area contributed by atoms with E-state index < -0.39 is 0 Å². The van der Waals surface area contributed by atoms with Gasteiger partial charge in [-0.3, -0.25) is 0 Å². The minimum absolute atomic E-state index is 0.0350. The van der Waals surface area contributed by atoms with Crippen molar-refractivity contribution in [3.63, 3.8) is 0 Å². The minimum Gasteiger partial charge on any atom is -0.373 e. The fourth-order valence-electron chi connectivity index (χ4n) is 2.14. The number of nitrogens with two attached hydrogens (primary N) is 1. The summed E-state index contributed by atoms with van der Waals surface area (Å²) < 4.78 is 5.59. The van der Waals surface area contributed by atoms with Gasteiger partial charge in [-0.05, 0) is 24.8 Å². The summed E-state index contributed by atoms with van der Waals surface area (Å²) in [4.78, 5) is 9.17. The number of rotatable bonds is 5. The van der Waals surface area contributed by atoms with Gasteiger partial charge in [0.25, 0.3) is 0 Å². The number of aromatic nitrogens is 2. The van der Waals surface area contributed by atoms with E-state index in [1.165, 1.54) is 0 Å². The standard InChI is InChI=1S/C15H27N3O/c1-7-11(16)9-12-8-10(2)17-14(18-12)13(19-6)15(3,4)5/h8,11,13H,7,9,16H2,1-6H3. The normalized spacial score (nSPS) is 15.3. The van der Waals surface area contributed by atoms with Crippen LogP contribution in [0.4, 0.5) is 0 Å². The van der Waals surface area contributed by atoms with E-state index in [0.717, 1.165) is 30.1 Å². The number of nitrogens with zero attached hydrogens (tertiary/aromatic N) is 2. The van der Waals surface area contributed by atoms with Crippen LogP contribution in [0.15, 0.2) is 6.07 Å². The Hall–Kier alpha value is -1.00. The molecule has 0 radical (unpaired) electrons. The van der Waals surface area contributed by atoms with Crippen LogP contribution in [-0.4, -0.2) is 23.1 Å². The van der Waals surface area contributed by atoms with Gasteiger partial charge >= 0.3 is 0 Å². The van der Waals surface area contributed by atoms with E-state index in [4.69, 9.17) is 10.5 Å². The molecule has 1 aromatic heterocycles. The number of methoxy groups -OCH3 is 1. The Bertz CT molecular complexity index is 412. The summed E-state index contributed by atoms with van der Waals surface area (Å²) >= 11 is 0. The van der Waals surface area contributed by atoms with E-state index in [9.17, 15) is 0 Å². The van der Waals surface area contributed by atoms with Crippen molar-refractivity contribution in [3.8, 4) is 0 Å². The predicted octanol–water partition coefficient (Wildman–Crippen LogP) is 2.80. The molecule has 0 fully saturated rings. The van der Waals surface area contributed by atoms with Gasteiger partial charge in [-0.15, -0.1) is 0 Å². The molecule has 4 heteroatoms. The van der Waals surface area contributed by atoms with Gasteiger partial charge in [-0.2, -0.15) is 0 Å². The SMILES string of the molecule is CCC(N)Cc1cc(C)nc(C(OC)C(C)(C)C)n1. The molecular weight excluding hydrogens is 238 g/mol. The Balaban J connectivity index is 3.08. The highest BCUT2D eigenvalue weighted by Gasteiger charge is 2.29. The summed E-state index contributed by atoms with van der Waals surface area (Å²) in [7, 11) is 1.71. The molecule has 0 saturated heterocycles. The zero-order valence-electron chi connectivity index (χ0n) is 13.0. The summed E-state index contributed by atoms with van der Waals surface area (Å²) in [5, 5.41) is 0. The quantitative estimate of drug-likeness (QED) is 0.889. The van der Waals surface area contributed by atoms with Gasteiger partial charge in [0.2, 0.25) is 0 Å². The van der Waals surface area contributed by atoms with Gasteiger partial charge < -0.3 is 10.5 Å². The topological polar surface area (TPSA) is 61.0 Å². The molecule has 108 valence electrons. The van der Waals surface area contributed by atoms with E-state index in [1.807, 2.05) is 13.0 Å². The molecule has 1 heterocycles. The maximum atomic E-state index is 6.01. The molecule has 0 aliphatic rings. The molecule has 0 saturated carbocycles. The fraction of sp³-hybridized carbons (Fsp3) is 0.733. The van der Waals surface area contributed by atoms with E-state index in [-0.39, 0.29) is 17.6 Å². The summed E-state index contributed by atoms with van der Waals surface area (Å²) in [5.41, 5.74) is 7.94. The van der Waals surface area contributed by atoms with Crippen LogP contribution in [0.5, 0.6) is 0 Å². The second-order valence-electron chi connectivity index (χ2n) is 6.21. The molecule has 0 aliphatic carbocycles. The second kappa shape index (κ2) is 6.44. The van der Waals surface area contributed by atoms with E-state index in [0.29, 0.717) is 0 Å². The highest BCUT2D eigenvalue weighted by Crippen LogP contribution is 2.33. The van der Waals surface area contributed by atoms with Gasteiger partial charge in [0.1, 0.15) is 6.10 Å². The molecule has 0 aliphatic heterocycles. The van der Waals surface area contributed by atoms with Crippen molar-refractivity contribution in [2.24, 2.45) is 11.1 Å². The first-order chi connectivity index (χ1) is 8.77. The highest BCUT2D eigenvalue weighted by atomic mass is 16.5. The molecule has 1 aromatic rings. The number of aryl methyl sites for hydroxylation is 1. The van der Waals surface area contributed by atoms with Crippen LogP contribution in [0.1, 0.15) is 57.4 Å². The molecule has 0 aromatic carbocycles. The number of hydrogen-bond donors (Lipinski definition) is 1. The van der Waals surface area contributed by atoms with Gasteiger partial charge in [0, 0.05) is 31.0 Å². The smallest absolute Gasteiger partial charge is 0.158 e. The first-order valence-electron chi connectivity index (χ1n) is 6.90. The molecule has 2 unspecified atom stereocenters. The van der Waals surface area contributed by atoms with E-state index in [2.05, 4.69) is 37.7 Å². The molecule has 4 nitrogen and oxygen atoms in total. The molecular formula is C15H27N3O. The van der Waals surface area contributed by atoms with Crippen LogP contribution >= 0.6 is 0 Å². The van der Waals surface area contributed by atoms with Crippen molar-refractivity contribution in [1.29, 1.82) is 0 Å². The second-order valence-corrected chi connectivity index (χ2v) is 6.21. The van der Waals surface area contributed by atoms with Crippen molar-refractivity contribution < 1.29 is 4.74 Å². The summed E-state index contributed by atoms with van der Waals surface area (Å²) in [6.45, 7) is 10.5. The Morgan fingerprint density at radius 1 is 1.32 bits per heavy atom. The molecule has 0 bridgehead atoms. The van der Waals surface area contributed by atoms with Crippen LogP contribution in [0.3, 0.4) is 0 Å². The van der Waals surface area contributed by atoms with E-state index in [1.54, 1.807) is 7.11 Å². The molecule has 19 heavy (non-hydrogen) atoms. The van der Waals surface area contributed by atoms with Crippen LogP contribution in [-0.2, 0) is 11.2 Å². The van der Waals surface area contributed by atoms with Crippen molar-refractivity contribution in [2.45, 2.75) is 59.6 Å². The monoisotopic (exact) mass is 265 g/mol. The number of ether oxygens (including phenoxy) is 1. The molecule has 1 rings (SSSR count).